The van der Waals surface area contributed by atoms with Crippen molar-refractivity contribution in [1.82, 2.24) is 0 Å². The van der Waals surface area contributed by atoms with Crippen LogP contribution in [0.4, 0.5) is 11.4 Å². The van der Waals surface area contributed by atoms with Crippen LogP contribution in [0.3, 0.4) is 0 Å². The highest BCUT2D eigenvalue weighted by Gasteiger charge is 2.16. The number of aryl methyl sites for hydroxylation is 1. The quantitative estimate of drug-likeness (QED) is 0.745. The number of nitrogen functional groups attached to an aromatic ring is 1. The summed E-state index contributed by atoms with van der Waals surface area (Å²) >= 11 is 0. The van der Waals surface area contributed by atoms with Crippen molar-refractivity contribution in [3.63, 3.8) is 0 Å². The molecular weight excluding hydrogens is 290 g/mol. The van der Waals surface area contributed by atoms with Crippen LogP contribution in [0.25, 0.3) is 0 Å². The van der Waals surface area contributed by atoms with Crippen molar-refractivity contribution in [2.75, 3.05) is 11.1 Å². The molecule has 2 aromatic carbocycles. The average molecular weight is 305 g/mol. The van der Waals surface area contributed by atoms with E-state index in [0.29, 0.717) is 11.3 Å². The van der Waals surface area contributed by atoms with Gasteiger partial charge >= 0.3 is 0 Å². The summed E-state index contributed by atoms with van der Waals surface area (Å²) in [5.74, 6) is -0.436. The minimum Gasteiger partial charge on any atom is -0.399 e. The second kappa shape index (κ2) is 5.55. The van der Waals surface area contributed by atoms with E-state index in [9.17, 15) is 13.2 Å². The lowest BCUT2D eigenvalue weighted by Crippen LogP contribution is -2.18. The molecule has 0 aliphatic carbocycles. The molecular formula is C14H15N3O3S. The molecule has 5 N–H and O–H groups in total. The Labute approximate surface area is 122 Å². The first-order valence-electron chi connectivity index (χ1n) is 6.08. The van der Waals surface area contributed by atoms with Crippen molar-refractivity contribution in [2.24, 2.45) is 5.14 Å². The average Bonchev–Trinajstić information content (AvgIpc) is 2.41. The van der Waals surface area contributed by atoms with E-state index >= 15 is 0 Å². The van der Waals surface area contributed by atoms with Gasteiger partial charge in [0, 0.05) is 11.3 Å². The van der Waals surface area contributed by atoms with E-state index in [4.69, 9.17) is 10.9 Å². The van der Waals surface area contributed by atoms with Crippen molar-refractivity contribution in [2.45, 2.75) is 11.8 Å². The fourth-order valence-corrected chi connectivity index (χ4v) is 2.52. The number of benzene rings is 2. The lowest BCUT2D eigenvalue weighted by molar-refractivity contribution is 0.102. The zero-order valence-corrected chi connectivity index (χ0v) is 12.1. The zero-order valence-electron chi connectivity index (χ0n) is 11.3. The molecule has 0 fully saturated rings. The molecule has 0 unspecified atom stereocenters. The number of nitrogens with two attached hydrogens (primary N) is 2. The standard InChI is InChI=1S/C14H15N3O3S/c1-9-8-10(6-7-11(9)15)14(18)17-12-4-2-3-5-13(12)21(16,19)20/h2-8H,15H2,1H3,(H,17,18)(H2,16,19,20). The van der Waals surface area contributed by atoms with Gasteiger partial charge in [0.1, 0.15) is 4.90 Å². The molecule has 2 rings (SSSR count). The second-order valence-electron chi connectivity index (χ2n) is 4.57. The van der Waals surface area contributed by atoms with Crippen LogP contribution in [0.2, 0.25) is 0 Å². The van der Waals surface area contributed by atoms with Gasteiger partial charge in [0.05, 0.1) is 5.69 Å². The summed E-state index contributed by atoms with van der Waals surface area (Å²) in [6.07, 6.45) is 0. The minimum absolute atomic E-state index is 0.134. The Morgan fingerprint density at radius 3 is 2.43 bits per heavy atom. The Hall–Kier alpha value is -2.38. The number of carbonyl (C=O) groups excluding carboxylic acids is 1. The maximum Gasteiger partial charge on any atom is 0.255 e. The lowest BCUT2D eigenvalue weighted by atomic mass is 10.1. The fraction of sp³-hybridized carbons (Fsp3) is 0.0714. The van der Waals surface area contributed by atoms with Gasteiger partial charge in [0.25, 0.3) is 5.91 Å². The van der Waals surface area contributed by atoms with Crippen LogP contribution in [0.15, 0.2) is 47.4 Å². The first-order valence-corrected chi connectivity index (χ1v) is 7.63. The van der Waals surface area contributed by atoms with Crippen LogP contribution >= 0.6 is 0 Å². The molecule has 0 aromatic heterocycles. The number of sulfonamides is 1. The monoisotopic (exact) mass is 305 g/mol. The van der Waals surface area contributed by atoms with E-state index in [0.717, 1.165) is 5.56 Å². The van der Waals surface area contributed by atoms with E-state index < -0.39 is 15.9 Å². The maximum absolute atomic E-state index is 12.2. The number of primary sulfonamides is 1. The van der Waals surface area contributed by atoms with Gasteiger partial charge in [-0.1, -0.05) is 12.1 Å². The smallest absolute Gasteiger partial charge is 0.255 e. The first-order chi connectivity index (χ1) is 9.79. The molecule has 0 aliphatic rings. The largest absolute Gasteiger partial charge is 0.399 e. The molecule has 110 valence electrons. The third kappa shape index (κ3) is 3.39. The number of hydrogen-bond donors (Lipinski definition) is 3. The van der Waals surface area contributed by atoms with E-state index in [1.807, 2.05) is 0 Å². The molecule has 6 nitrogen and oxygen atoms in total. The summed E-state index contributed by atoms with van der Waals surface area (Å²) in [4.78, 5) is 12.0. The number of anilines is 2. The van der Waals surface area contributed by atoms with Crippen LogP contribution in [0.5, 0.6) is 0 Å². The summed E-state index contributed by atoms with van der Waals surface area (Å²) in [5.41, 5.74) is 7.56. The molecule has 0 saturated heterocycles. The van der Waals surface area contributed by atoms with E-state index in [2.05, 4.69) is 5.32 Å². The Morgan fingerprint density at radius 1 is 1.14 bits per heavy atom. The molecule has 1 amide bonds. The molecule has 0 atom stereocenters. The molecule has 2 aromatic rings. The topological polar surface area (TPSA) is 115 Å². The summed E-state index contributed by atoms with van der Waals surface area (Å²) in [5, 5.41) is 7.66. The van der Waals surface area contributed by atoms with Gasteiger partial charge in [-0.25, -0.2) is 13.6 Å². The normalized spacial score (nSPS) is 11.1. The van der Waals surface area contributed by atoms with Gasteiger partial charge in [0.2, 0.25) is 10.0 Å². The molecule has 0 aliphatic heterocycles. The number of nitrogens with one attached hydrogen (secondary N) is 1. The molecule has 0 saturated carbocycles. The third-order valence-corrected chi connectivity index (χ3v) is 3.94. The second-order valence-corrected chi connectivity index (χ2v) is 6.10. The van der Waals surface area contributed by atoms with E-state index in [-0.39, 0.29) is 10.6 Å². The highest BCUT2D eigenvalue weighted by Crippen LogP contribution is 2.21. The summed E-state index contributed by atoms with van der Waals surface area (Å²) in [7, 11) is -3.91. The van der Waals surface area contributed by atoms with Crippen molar-refractivity contribution < 1.29 is 13.2 Å². The van der Waals surface area contributed by atoms with Crippen molar-refractivity contribution in [1.29, 1.82) is 0 Å². The summed E-state index contributed by atoms with van der Waals surface area (Å²) < 4.78 is 23.0. The van der Waals surface area contributed by atoms with Crippen molar-refractivity contribution >= 4 is 27.3 Å². The zero-order chi connectivity index (χ0) is 15.6. The summed E-state index contributed by atoms with van der Waals surface area (Å²) in [6.45, 7) is 1.78. The Balaban J connectivity index is 2.34. The van der Waals surface area contributed by atoms with Crippen molar-refractivity contribution in [3.8, 4) is 0 Å². The van der Waals surface area contributed by atoms with Gasteiger partial charge in [0.15, 0.2) is 0 Å². The van der Waals surface area contributed by atoms with Crippen LogP contribution in [-0.2, 0) is 10.0 Å². The number of hydrogen-bond acceptors (Lipinski definition) is 4. The molecule has 0 radical (unpaired) electrons. The van der Waals surface area contributed by atoms with Crippen LogP contribution in [-0.4, -0.2) is 14.3 Å². The predicted molar refractivity (Wildman–Crippen MR) is 81.4 cm³/mol. The molecule has 0 spiro atoms. The van der Waals surface area contributed by atoms with Crippen LogP contribution in [0.1, 0.15) is 15.9 Å². The van der Waals surface area contributed by atoms with Crippen LogP contribution < -0.4 is 16.2 Å². The summed E-state index contributed by atoms with van der Waals surface area (Å²) in [6, 6.07) is 10.8. The highest BCUT2D eigenvalue weighted by atomic mass is 32.2. The van der Waals surface area contributed by atoms with Gasteiger partial charge in [-0.3, -0.25) is 4.79 Å². The third-order valence-electron chi connectivity index (χ3n) is 2.97. The molecule has 21 heavy (non-hydrogen) atoms. The molecule has 7 heteroatoms. The first kappa shape index (κ1) is 15.0. The van der Waals surface area contributed by atoms with Crippen molar-refractivity contribution in [3.05, 3.63) is 53.6 Å². The maximum atomic E-state index is 12.2. The Kier molecular flexibility index (Phi) is 3.97. The van der Waals surface area contributed by atoms with E-state index in [1.54, 1.807) is 31.2 Å². The molecule has 0 bridgehead atoms. The minimum atomic E-state index is -3.91. The lowest BCUT2D eigenvalue weighted by Gasteiger charge is -2.10. The predicted octanol–water partition coefficient (Wildman–Crippen LogP) is 1.48. The van der Waals surface area contributed by atoms with Gasteiger partial charge in [-0.2, -0.15) is 0 Å². The number of carbonyl (C=O) groups is 1. The number of rotatable bonds is 3. The van der Waals surface area contributed by atoms with Crippen LogP contribution in [0, 0.1) is 6.92 Å². The van der Waals surface area contributed by atoms with Gasteiger partial charge in [-0.05, 0) is 42.8 Å². The Bertz CT molecular complexity index is 801. The SMILES string of the molecule is Cc1cc(C(=O)Nc2ccccc2S(N)(=O)=O)ccc1N. The number of para-hydroxylation sites is 1. The fourth-order valence-electron chi connectivity index (χ4n) is 1.83. The van der Waals surface area contributed by atoms with E-state index in [1.165, 1.54) is 18.2 Å². The number of amides is 1. The Morgan fingerprint density at radius 2 is 1.81 bits per heavy atom. The van der Waals surface area contributed by atoms with Gasteiger partial charge in [-0.15, -0.1) is 0 Å². The van der Waals surface area contributed by atoms with Gasteiger partial charge < -0.3 is 11.1 Å². The molecule has 0 heterocycles. The highest BCUT2D eigenvalue weighted by molar-refractivity contribution is 7.89.